The van der Waals surface area contributed by atoms with Crippen molar-refractivity contribution in [3.05, 3.63) is 64.7 Å². The number of benzene rings is 1. The maximum atomic E-state index is 4.59. The topological polar surface area (TPSA) is 43.6 Å². The summed E-state index contributed by atoms with van der Waals surface area (Å²) < 4.78 is 1.79. The van der Waals surface area contributed by atoms with E-state index in [2.05, 4.69) is 34.0 Å². The number of aromatic nitrogens is 4. The average molecular weight is 316 g/mol. The Morgan fingerprint density at radius 2 is 2.00 bits per heavy atom. The summed E-state index contributed by atoms with van der Waals surface area (Å²) in [5.74, 6) is 0. The first kappa shape index (κ1) is 15.9. The first-order valence-corrected chi connectivity index (χ1v) is 7.86. The van der Waals surface area contributed by atoms with Gasteiger partial charge < -0.3 is 0 Å². The summed E-state index contributed by atoms with van der Waals surface area (Å²) >= 11 is 0. The van der Waals surface area contributed by atoms with Crippen LogP contribution in [-0.4, -0.2) is 20.0 Å². The van der Waals surface area contributed by atoms with Crippen molar-refractivity contribution in [1.82, 2.24) is 20.0 Å². The molecule has 0 N–H and O–H groups in total. The standard InChI is InChI=1S/C20H20N4/c1-5-6-9-16-13-17(12-11-14(16)2)20-19(22-23-24(20)4)18-10-7-8-15(3)21-18/h5-13H,2H2,1,3-4H3/b6-5?,16-9-. The molecule has 2 heterocycles. The molecule has 0 saturated carbocycles. The van der Waals surface area contributed by atoms with Crippen molar-refractivity contribution >= 4 is 12.7 Å². The third kappa shape index (κ3) is 3.04. The SMILES string of the molecule is C=c1ccc(-c2c(-c3cccc(C)n3)nnn2C)c/c1=C/C=CC. The molecule has 0 aliphatic heterocycles. The molecule has 3 rings (SSSR count). The van der Waals surface area contributed by atoms with Crippen molar-refractivity contribution in [3.63, 3.8) is 0 Å². The Bertz CT molecular complexity index is 1010. The summed E-state index contributed by atoms with van der Waals surface area (Å²) in [4.78, 5) is 4.59. The second kappa shape index (κ2) is 6.62. The molecule has 4 heteroatoms. The number of allylic oxidation sites excluding steroid dienone is 2. The van der Waals surface area contributed by atoms with E-state index in [0.717, 1.165) is 38.8 Å². The third-order valence-electron chi connectivity index (χ3n) is 3.85. The number of hydrogen-bond acceptors (Lipinski definition) is 3. The number of hydrogen-bond donors (Lipinski definition) is 0. The maximum absolute atomic E-state index is 4.59. The minimum atomic E-state index is 0.787. The monoisotopic (exact) mass is 316 g/mol. The molecule has 120 valence electrons. The molecule has 0 aliphatic rings. The van der Waals surface area contributed by atoms with Crippen molar-refractivity contribution in [2.45, 2.75) is 13.8 Å². The van der Waals surface area contributed by atoms with Crippen LogP contribution in [-0.2, 0) is 7.05 Å². The van der Waals surface area contributed by atoms with Crippen LogP contribution in [0.2, 0.25) is 0 Å². The Balaban J connectivity index is 2.21. The van der Waals surface area contributed by atoms with Crippen molar-refractivity contribution in [2.24, 2.45) is 7.05 Å². The molecule has 24 heavy (non-hydrogen) atoms. The van der Waals surface area contributed by atoms with E-state index in [0.29, 0.717) is 0 Å². The molecule has 0 amide bonds. The molecular formula is C20H20N4. The Labute approximate surface area is 141 Å². The molecule has 1 aromatic carbocycles. The van der Waals surface area contributed by atoms with Crippen molar-refractivity contribution in [1.29, 1.82) is 0 Å². The highest BCUT2D eigenvalue weighted by atomic mass is 15.4. The Hall–Kier alpha value is -3.01. The highest BCUT2D eigenvalue weighted by Crippen LogP contribution is 2.27. The van der Waals surface area contributed by atoms with Crippen LogP contribution < -0.4 is 10.4 Å². The molecule has 2 aromatic heterocycles. The second-order valence-electron chi connectivity index (χ2n) is 5.68. The van der Waals surface area contributed by atoms with Gasteiger partial charge in [-0.3, -0.25) is 4.98 Å². The van der Waals surface area contributed by atoms with Gasteiger partial charge >= 0.3 is 0 Å². The Morgan fingerprint density at radius 1 is 1.17 bits per heavy atom. The largest absolute Gasteiger partial charge is 0.251 e. The van der Waals surface area contributed by atoms with E-state index in [1.165, 1.54) is 0 Å². The van der Waals surface area contributed by atoms with Crippen LogP contribution in [0.3, 0.4) is 0 Å². The van der Waals surface area contributed by atoms with Gasteiger partial charge in [-0.05, 0) is 42.5 Å². The van der Waals surface area contributed by atoms with Gasteiger partial charge in [0.2, 0.25) is 0 Å². The number of pyridine rings is 1. The van der Waals surface area contributed by atoms with Crippen LogP contribution >= 0.6 is 0 Å². The summed E-state index contributed by atoms with van der Waals surface area (Å²) in [6, 6.07) is 12.1. The fourth-order valence-corrected chi connectivity index (χ4v) is 2.63. The highest BCUT2D eigenvalue weighted by Gasteiger charge is 2.15. The van der Waals surface area contributed by atoms with Gasteiger partial charge in [-0.1, -0.05) is 48.2 Å². The van der Waals surface area contributed by atoms with Crippen molar-refractivity contribution in [3.8, 4) is 22.6 Å². The first-order valence-electron chi connectivity index (χ1n) is 7.86. The summed E-state index contributed by atoms with van der Waals surface area (Å²) in [7, 11) is 1.90. The van der Waals surface area contributed by atoms with E-state index < -0.39 is 0 Å². The molecule has 3 aromatic rings. The minimum absolute atomic E-state index is 0.787. The number of nitrogens with zero attached hydrogens (tertiary/aromatic N) is 4. The predicted octanol–water partition coefficient (Wildman–Crippen LogP) is 2.62. The van der Waals surface area contributed by atoms with E-state index >= 15 is 0 Å². The fourth-order valence-electron chi connectivity index (χ4n) is 2.63. The lowest BCUT2D eigenvalue weighted by Gasteiger charge is -2.05. The molecule has 0 unspecified atom stereocenters. The zero-order valence-electron chi connectivity index (χ0n) is 14.2. The van der Waals surface area contributed by atoms with Crippen molar-refractivity contribution in [2.75, 3.05) is 0 Å². The average Bonchev–Trinajstić information content (AvgIpc) is 2.96. The summed E-state index contributed by atoms with van der Waals surface area (Å²) in [5, 5.41) is 10.6. The van der Waals surface area contributed by atoms with E-state index in [-0.39, 0.29) is 0 Å². The molecule has 0 radical (unpaired) electrons. The zero-order chi connectivity index (χ0) is 17.1. The minimum Gasteiger partial charge on any atom is -0.251 e. The van der Waals surface area contributed by atoms with Crippen LogP contribution in [0.1, 0.15) is 12.6 Å². The summed E-state index contributed by atoms with van der Waals surface area (Å²) in [5.41, 5.74) is 4.57. The normalized spacial score (nSPS) is 12.2. The molecule has 4 nitrogen and oxygen atoms in total. The zero-order valence-corrected chi connectivity index (χ0v) is 14.2. The second-order valence-corrected chi connectivity index (χ2v) is 5.68. The molecule has 0 fully saturated rings. The Kier molecular flexibility index (Phi) is 4.38. The molecular weight excluding hydrogens is 296 g/mol. The maximum Gasteiger partial charge on any atom is 0.139 e. The highest BCUT2D eigenvalue weighted by molar-refractivity contribution is 5.76. The Morgan fingerprint density at radius 3 is 2.75 bits per heavy atom. The first-order chi connectivity index (χ1) is 11.6. The van der Waals surface area contributed by atoms with E-state index in [1.807, 2.05) is 63.4 Å². The van der Waals surface area contributed by atoms with Gasteiger partial charge in [-0.15, -0.1) is 5.10 Å². The molecule has 0 saturated heterocycles. The quantitative estimate of drug-likeness (QED) is 0.746. The van der Waals surface area contributed by atoms with Gasteiger partial charge in [0, 0.05) is 18.3 Å². The van der Waals surface area contributed by atoms with Gasteiger partial charge in [0.1, 0.15) is 5.69 Å². The number of aryl methyl sites for hydroxylation is 2. The molecule has 0 atom stereocenters. The van der Waals surface area contributed by atoms with Gasteiger partial charge in [-0.25, -0.2) is 4.68 Å². The van der Waals surface area contributed by atoms with Crippen LogP contribution in [0.4, 0.5) is 0 Å². The lowest BCUT2D eigenvalue weighted by Crippen LogP contribution is -2.22. The predicted molar refractivity (Wildman–Crippen MR) is 98.5 cm³/mol. The van der Waals surface area contributed by atoms with Crippen LogP contribution in [0.15, 0.2) is 48.6 Å². The van der Waals surface area contributed by atoms with Gasteiger partial charge in [0.05, 0.1) is 11.4 Å². The lowest BCUT2D eigenvalue weighted by atomic mass is 10.1. The van der Waals surface area contributed by atoms with Crippen LogP contribution in [0, 0.1) is 6.92 Å². The molecule has 0 bridgehead atoms. The summed E-state index contributed by atoms with van der Waals surface area (Å²) in [6.07, 6.45) is 6.07. The van der Waals surface area contributed by atoms with Gasteiger partial charge in [0.15, 0.2) is 0 Å². The van der Waals surface area contributed by atoms with Gasteiger partial charge in [-0.2, -0.15) is 0 Å². The lowest BCUT2D eigenvalue weighted by molar-refractivity contribution is 0.721. The fraction of sp³-hybridized carbons (Fsp3) is 0.150. The molecule has 0 spiro atoms. The van der Waals surface area contributed by atoms with Crippen LogP contribution in [0.5, 0.6) is 0 Å². The smallest absolute Gasteiger partial charge is 0.139 e. The van der Waals surface area contributed by atoms with Crippen LogP contribution in [0.25, 0.3) is 35.3 Å². The van der Waals surface area contributed by atoms with E-state index in [9.17, 15) is 0 Å². The summed E-state index contributed by atoms with van der Waals surface area (Å²) in [6.45, 7) is 8.06. The van der Waals surface area contributed by atoms with E-state index in [4.69, 9.17) is 0 Å². The third-order valence-corrected chi connectivity index (χ3v) is 3.85. The van der Waals surface area contributed by atoms with Gasteiger partial charge in [0.25, 0.3) is 0 Å². The van der Waals surface area contributed by atoms with Crippen molar-refractivity contribution < 1.29 is 0 Å². The number of rotatable bonds is 3. The molecule has 0 aliphatic carbocycles. The van der Waals surface area contributed by atoms with E-state index in [1.54, 1.807) is 4.68 Å².